The van der Waals surface area contributed by atoms with Crippen LogP contribution < -0.4 is 5.32 Å². The molecule has 0 amide bonds. The fourth-order valence-corrected chi connectivity index (χ4v) is 7.55. The number of rotatable bonds is 4. The Morgan fingerprint density at radius 1 is 0.451 bits per heavy atom. The summed E-state index contributed by atoms with van der Waals surface area (Å²) in [6.07, 6.45) is -0.331. The Kier molecular flexibility index (Phi) is 5.92. The van der Waals surface area contributed by atoms with Crippen LogP contribution in [-0.2, 0) is 0 Å². The van der Waals surface area contributed by atoms with Gasteiger partial charge in [-0.2, -0.15) is 0 Å². The van der Waals surface area contributed by atoms with E-state index in [1.807, 2.05) is 72.8 Å². The molecule has 4 heterocycles. The summed E-state index contributed by atoms with van der Waals surface area (Å²) < 4.78 is 19.0. The Labute approximate surface area is 291 Å². The van der Waals surface area contributed by atoms with E-state index < -0.39 is 0 Å². The zero-order chi connectivity index (χ0) is 33.5. The molecule has 1 aliphatic heterocycles. The van der Waals surface area contributed by atoms with Crippen LogP contribution in [0.1, 0.15) is 22.9 Å². The first kappa shape index (κ1) is 28.0. The maximum Gasteiger partial charge on any atom is 0.160 e. The van der Waals surface area contributed by atoms with E-state index in [1.54, 1.807) is 0 Å². The summed E-state index contributed by atoms with van der Waals surface area (Å²) in [5, 5.41) is 9.95. The molecule has 1 N–H and O–H groups in total. The van der Waals surface area contributed by atoms with E-state index in [0.717, 1.165) is 99.5 Å². The third-order valence-electron chi connectivity index (χ3n) is 9.96. The van der Waals surface area contributed by atoms with Crippen molar-refractivity contribution < 1.29 is 13.3 Å². The van der Waals surface area contributed by atoms with Crippen molar-refractivity contribution in [2.75, 3.05) is 0 Å². The van der Waals surface area contributed by atoms with Gasteiger partial charge in [-0.15, -0.1) is 0 Å². The number of hydrogen-bond acceptors (Lipinski definition) is 6. The molecule has 11 rings (SSSR count). The molecule has 0 fully saturated rings. The molecular weight excluding hydrogens is 631 g/mol. The fourth-order valence-electron chi connectivity index (χ4n) is 7.55. The first-order valence-electron chi connectivity index (χ1n) is 17.0. The largest absolute Gasteiger partial charge is 0.456 e. The van der Waals surface area contributed by atoms with Gasteiger partial charge in [-0.05, 0) is 59.7 Å². The van der Waals surface area contributed by atoms with E-state index in [1.165, 1.54) is 0 Å². The van der Waals surface area contributed by atoms with Crippen LogP contribution in [-0.4, -0.2) is 11.7 Å². The number of furan rings is 3. The van der Waals surface area contributed by atoms with Crippen LogP contribution in [0, 0.1) is 0 Å². The summed E-state index contributed by atoms with van der Waals surface area (Å²) in [5.41, 5.74) is 10.0. The fraction of sp³-hybridized carbons (Fsp3) is 0.0222. The minimum absolute atomic E-state index is 0.331. The van der Waals surface area contributed by atoms with Crippen molar-refractivity contribution in [3.8, 4) is 11.1 Å². The first-order chi connectivity index (χ1) is 25.2. The summed E-state index contributed by atoms with van der Waals surface area (Å²) in [5.74, 6) is 1.39. The van der Waals surface area contributed by atoms with Crippen LogP contribution in [0.2, 0.25) is 0 Å². The van der Waals surface area contributed by atoms with E-state index in [4.69, 9.17) is 23.2 Å². The van der Waals surface area contributed by atoms with Gasteiger partial charge >= 0.3 is 0 Å². The number of nitrogens with zero attached hydrogens (tertiary/aromatic N) is 2. The lowest BCUT2D eigenvalue weighted by atomic mass is 10.0. The highest BCUT2D eigenvalue weighted by atomic mass is 16.3. The molecule has 6 heteroatoms. The number of amidine groups is 2. The van der Waals surface area contributed by atoms with E-state index >= 15 is 0 Å². The van der Waals surface area contributed by atoms with Crippen molar-refractivity contribution in [1.82, 2.24) is 5.32 Å². The highest BCUT2D eigenvalue weighted by Crippen LogP contribution is 2.39. The van der Waals surface area contributed by atoms with Crippen molar-refractivity contribution in [3.05, 3.63) is 168 Å². The predicted octanol–water partition coefficient (Wildman–Crippen LogP) is 11.5. The van der Waals surface area contributed by atoms with Gasteiger partial charge in [0, 0.05) is 49.0 Å². The monoisotopic (exact) mass is 657 g/mol. The van der Waals surface area contributed by atoms with Crippen molar-refractivity contribution in [3.63, 3.8) is 0 Å². The Morgan fingerprint density at radius 3 is 2.02 bits per heavy atom. The van der Waals surface area contributed by atoms with Crippen molar-refractivity contribution in [1.29, 1.82) is 0 Å². The number of fused-ring (bicyclic) bond motifs is 9. The summed E-state index contributed by atoms with van der Waals surface area (Å²) >= 11 is 0. The van der Waals surface area contributed by atoms with Crippen LogP contribution in [0.15, 0.2) is 175 Å². The number of para-hydroxylation sites is 3. The molecule has 6 nitrogen and oxygen atoms in total. The van der Waals surface area contributed by atoms with E-state index in [-0.39, 0.29) is 6.17 Å². The average Bonchev–Trinajstić information content (AvgIpc) is 3.88. The number of aliphatic imine (C=N–C) groups is 2. The lowest BCUT2D eigenvalue weighted by Gasteiger charge is -2.24. The van der Waals surface area contributed by atoms with Crippen LogP contribution in [0.5, 0.6) is 0 Å². The van der Waals surface area contributed by atoms with Crippen molar-refractivity contribution >= 4 is 77.5 Å². The third kappa shape index (κ3) is 4.36. The van der Waals surface area contributed by atoms with Crippen LogP contribution in [0.25, 0.3) is 76.9 Å². The van der Waals surface area contributed by atoms with Gasteiger partial charge in [0.1, 0.15) is 45.5 Å². The third-order valence-corrected chi connectivity index (χ3v) is 9.96. The molecule has 10 aromatic rings. The van der Waals surface area contributed by atoms with Crippen LogP contribution in [0.3, 0.4) is 0 Å². The normalized spacial score (nSPS) is 14.9. The molecule has 7 aromatic carbocycles. The molecule has 0 bridgehead atoms. The molecule has 240 valence electrons. The molecule has 0 spiro atoms. The van der Waals surface area contributed by atoms with Gasteiger partial charge in [0.25, 0.3) is 0 Å². The SMILES string of the molecule is c1ccc(C2N=C(c3cccc4oc5ccccc5c34)N=C(c3ccc4oc5cc(-c6cccc7c6oc6ccccc67)ccc5c4c3)N2)cc1. The second kappa shape index (κ2) is 10.8. The summed E-state index contributed by atoms with van der Waals surface area (Å²) in [4.78, 5) is 10.3. The van der Waals surface area contributed by atoms with E-state index in [2.05, 4.69) is 84.2 Å². The van der Waals surface area contributed by atoms with Gasteiger partial charge in [-0.1, -0.05) is 103 Å². The second-order valence-corrected chi connectivity index (χ2v) is 13.0. The average molecular weight is 658 g/mol. The Balaban J connectivity index is 1.04. The quantitative estimate of drug-likeness (QED) is 0.204. The first-order valence-corrected chi connectivity index (χ1v) is 17.0. The zero-order valence-electron chi connectivity index (χ0n) is 27.1. The molecule has 0 saturated heterocycles. The highest BCUT2D eigenvalue weighted by Gasteiger charge is 2.24. The van der Waals surface area contributed by atoms with Gasteiger partial charge in [0.05, 0.1) is 0 Å². The van der Waals surface area contributed by atoms with Gasteiger partial charge in [-0.3, -0.25) is 0 Å². The zero-order valence-corrected chi connectivity index (χ0v) is 27.1. The molecule has 0 aliphatic carbocycles. The summed E-state index contributed by atoms with van der Waals surface area (Å²) in [6, 6.07) is 51.6. The molecule has 1 aliphatic rings. The maximum atomic E-state index is 6.46. The van der Waals surface area contributed by atoms with E-state index in [9.17, 15) is 0 Å². The molecule has 51 heavy (non-hydrogen) atoms. The predicted molar refractivity (Wildman–Crippen MR) is 206 cm³/mol. The van der Waals surface area contributed by atoms with Gasteiger partial charge in [-0.25, -0.2) is 9.98 Å². The Morgan fingerprint density at radius 2 is 1.12 bits per heavy atom. The molecule has 3 aromatic heterocycles. The lowest BCUT2D eigenvalue weighted by Crippen LogP contribution is -2.33. The maximum absolute atomic E-state index is 6.46. The van der Waals surface area contributed by atoms with Gasteiger partial charge in [0.15, 0.2) is 5.84 Å². The minimum Gasteiger partial charge on any atom is -0.456 e. The standard InChI is InChI=1S/C45H27N3O3/c1-2-10-26(11-3-1)43-46-44(48-45(47-43)34-16-9-19-39-41(34)33-13-5-7-18-37(33)49-39)28-21-23-38-35(24-28)31-22-20-27(25-40(31)50-38)29-14-8-15-32-30-12-4-6-17-36(30)51-42(29)32/h1-25,43H,(H,46,47,48). The van der Waals surface area contributed by atoms with Crippen LogP contribution >= 0.6 is 0 Å². The summed E-state index contributed by atoms with van der Waals surface area (Å²) in [6.45, 7) is 0. The van der Waals surface area contributed by atoms with Crippen molar-refractivity contribution in [2.45, 2.75) is 6.17 Å². The Bertz CT molecular complexity index is 3070. The minimum atomic E-state index is -0.331. The highest BCUT2D eigenvalue weighted by molar-refractivity contribution is 6.22. The topological polar surface area (TPSA) is 76.2 Å². The number of benzene rings is 7. The van der Waals surface area contributed by atoms with Crippen LogP contribution in [0.4, 0.5) is 0 Å². The van der Waals surface area contributed by atoms with Crippen molar-refractivity contribution in [2.24, 2.45) is 9.98 Å². The molecule has 0 radical (unpaired) electrons. The second-order valence-electron chi connectivity index (χ2n) is 13.0. The molecule has 1 unspecified atom stereocenters. The lowest BCUT2D eigenvalue weighted by molar-refractivity contribution is 0.667. The van der Waals surface area contributed by atoms with Gasteiger partial charge < -0.3 is 18.6 Å². The molecule has 0 saturated carbocycles. The summed E-state index contributed by atoms with van der Waals surface area (Å²) in [7, 11) is 0. The smallest absolute Gasteiger partial charge is 0.160 e. The van der Waals surface area contributed by atoms with E-state index in [0.29, 0.717) is 5.84 Å². The molecule has 1 atom stereocenters. The number of hydrogen-bond donors (Lipinski definition) is 1. The van der Waals surface area contributed by atoms with Gasteiger partial charge in [0.2, 0.25) is 0 Å². The number of nitrogens with one attached hydrogen (secondary N) is 1. The molecular formula is C45H27N3O3. The Hall–Kier alpha value is -6.92.